The summed E-state index contributed by atoms with van der Waals surface area (Å²) in [5.74, 6) is 5.95. The zero-order valence-electron chi connectivity index (χ0n) is 19.5. The number of hydrogen-bond donors (Lipinski definition) is 1. The van der Waals surface area contributed by atoms with Gasteiger partial charge in [0.25, 0.3) is 0 Å². The molecule has 2 nitrogen and oxygen atoms in total. The monoisotopic (exact) mass is 402 g/mol. The second-order valence-corrected chi connectivity index (χ2v) is 12.7. The lowest BCUT2D eigenvalue weighted by molar-refractivity contribution is -0.136. The molecule has 5 fully saturated rings. The number of aliphatic hydroxyl groups is 1. The summed E-state index contributed by atoms with van der Waals surface area (Å²) in [7, 11) is 0. The molecular weight excluding hydrogens is 356 g/mol. The molecule has 2 heteroatoms. The average molecular weight is 403 g/mol. The molecule has 166 valence electrons. The van der Waals surface area contributed by atoms with E-state index in [0.717, 1.165) is 60.9 Å². The molecule has 1 heterocycles. The summed E-state index contributed by atoms with van der Waals surface area (Å²) in [6, 6.07) is 0. The Morgan fingerprint density at radius 3 is 2.38 bits per heavy atom. The van der Waals surface area contributed by atoms with Gasteiger partial charge in [-0.25, -0.2) is 0 Å². The van der Waals surface area contributed by atoms with Crippen LogP contribution >= 0.6 is 0 Å². The Morgan fingerprint density at radius 2 is 1.62 bits per heavy atom. The van der Waals surface area contributed by atoms with E-state index in [4.69, 9.17) is 4.74 Å². The zero-order valence-corrected chi connectivity index (χ0v) is 19.5. The Morgan fingerprint density at radius 1 is 0.862 bits per heavy atom. The second-order valence-electron chi connectivity index (χ2n) is 12.7. The summed E-state index contributed by atoms with van der Waals surface area (Å²) in [6.45, 7) is 11.2. The lowest BCUT2D eigenvalue weighted by Crippen LogP contribution is -2.54. The van der Waals surface area contributed by atoms with E-state index in [9.17, 15) is 5.11 Å². The van der Waals surface area contributed by atoms with Crippen LogP contribution in [0.4, 0.5) is 0 Å². The number of aliphatic hydroxyl groups excluding tert-OH is 1. The van der Waals surface area contributed by atoms with Crippen LogP contribution in [0, 0.1) is 52.3 Å². The van der Waals surface area contributed by atoms with Crippen molar-refractivity contribution in [2.45, 2.75) is 111 Å². The van der Waals surface area contributed by atoms with Gasteiger partial charge in [-0.15, -0.1) is 0 Å². The fourth-order valence-electron chi connectivity index (χ4n) is 9.72. The fourth-order valence-corrected chi connectivity index (χ4v) is 9.72. The summed E-state index contributed by atoms with van der Waals surface area (Å²) in [5, 5.41) is 10.3. The quantitative estimate of drug-likeness (QED) is 0.574. The van der Waals surface area contributed by atoms with Gasteiger partial charge in [-0.3, -0.25) is 0 Å². The highest BCUT2D eigenvalue weighted by Gasteiger charge is 2.61. The number of fused-ring (bicyclic) bond motifs is 5. The molecule has 4 aliphatic carbocycles. The SMILES string of the molecule is CC1CCC([C@@H](C)[C@H]2CC[C@H]3[C@@H]4CCC5C[C@@H](O)CC[C@]5(C)[C@H]4CC[C@]23C)OC1. The number of ether oxygens (including phenoxy) is 1. The first-order valence-electron chi connectivity index (χ1n) is 13.1. The van der Waals surface area contributed by atoms with E-state index in [1.54, 1.807) is 0 Å². The molecule has 1 aliphatic heterocycles. The molecule has 0 aromatic heterocycles. The van der Waals surface area contributed by atoms with Crippen LogP contribution in [-0.2, 0) is 4.74 Å². The van der Waals surface area contributed by atoms with Crippen LogP contribution in [0.25, 0.3) is 0 Å². The van der Waals surface area contributed by atoms with Crippen LogP contribution in [0.2, 0.25) is 0 Å². The smallest absolute Gasteiger partial charge is 0.0603 e. The topological polar surface area (TPSA) is 29.5 Å². The molecule has 0 radical (unpaired) electrons. The van der Waals surface area contributed by atoms with Crippen molar-refractivity contribution >= 4 is 0 Å². The minimum absolute atomic E-state index is 0.0200. The summed E-state index contributed by atoms with van der Waals surface area (Å²) in [4.78, 5) is 0. The van der Waals surface area contributed by atoms with Crippen molar-refractivity contribution in [3.8, 4) is 0 Å². The van der Waals surface area contributed by atoms with Gasteiger partial charge < -0.3 is 9.84 Å². The van der Waals surface area contributed by atoms with Crippen molar-refractivity contribution in [3.05, 3.63) is 0 Å². The zero-order chi connectivity index (χ0) is 20.4. The molecule has 0 bridgehead atoms. The van der Waals surface area contributed by atoms with Crippen LogP contribution in [0.1, 0.15) is 98.3 Å². The van der Waals surface area contributed by atoms with Gasteiger partial charge in [-0.2, -0.15) is 0 Å². The van der Waals surface area contributed by atoms with Gasteiger partial charge in [0.15, 0.2) is 0 Å². The highest BCUT2D eigenvalue weighted by atomic mass is 16.5. The molecule has 3 unspecified atom stereocenters. The van der Waals surface area contributed by atoms with Gasteiger partial charge in [0.1, 0.15) is 0 Å². The minimum atomic E-state index is -0.0200. The Hall–Kier alpha value is -0.0800. The van der Waals surface area contributed by atoms with E-state index in [-0.39, 0.29) is 6.10 Å². The van der Waals surface area contributed by atoms with E-state index < -0.39 is 0 Å². The molecule has 0 spiro atoms. The maximum absolute atomic E-state index is 10.3. The molecule has 1 saturated heterocycles. The van der Waals surface area contributed by atoms with Crippen LogP contribution in [0.5, 0.6) is 0 Å². The van der Waals surface area contributed by atoms with E-state index in [0.29, 0.717) is 16.9 Å². The van der Waals surface area contributed by atoms with Crippen molar-refractivity contribution in [2.24, 2.45) is 52.3 Å². The molecule has 5 aliphatic rings. The molecule has 5 rings (SSSR count). The third-order valence-corrected chi connectivity index (χ3v) is 11.5. The maximum atomic E-state index is 10.3. The fraction of sp³-hybridized carbons (Fsp3) is 1.00. The standard InChI is InChI=1S/C27H46O2/c1-17-5-10-25(29-16-17)18(2)22-8-9-23-21-7-6-19-15-20(28)11-13-26(19,3)24(21)12-14-27(22,23)4/h17-25,28H,5-16H2,1-4H3/t17?,18-,19?,20-,21-,22+,23-,24-,25?,26-,27+/m0/s1. The normalized spacial score (nSPS) is 56.2. The summed E-state index contributed by atoms with van der Waals surface area (Å²) in [5.41, 5.74) is 1.06. The van der Waals surface area contributed by atoms with Crippen LogP contribution in [0.15, 0.2) is 0 Å². The average Bonchev–Trinajstić information content (AvgIpc) is 3.06. The third-order valence-electron chi connectivity index (χ3n) is 11.5. The molecule has 0 aromatic rings. The number of hydrogen-bond acceptors (Lipinski definition) is 2. The molecule has 4 saturated carbocycles. The lowest BCUT2D eigenvalue weighted by atomic mass is 9.44. The predicted molar refractivity (Wildman–Crippen MR) is 119 cm³/mol. The van der Waals surface area contributed by atoms with Gasteiger partial charge in [0.05, 0.1) is 12.2 Å². The second kappa shape index (κ2) is 7.51. The van der Waals surface area contributed by atoms with Crippen molar-refractivity contribution in [1.29, 1.82) is 0 Å². The Balaban J connectivity index is 1.33. The maximum Gasteiger partial charge on any atom is 0.0603 e. The van der Waals surface area contributed by atoms with E-state index in [2.05, 4.69) is 27.7 Å². The molecule has 29 heavy (non-hydrogen) atoms. The Bertz CT molecular complexity index is 595. The molecular formula is C27H46O2. The van der Waals surface area contributed by atoms with Crippen molar-refractivity contribution in [3.63, 3.8) is 0 Å². The highest BCUT2D eigenvalue weighted by Crippen LogP contribution is 2.68. The first kappa shape index (κ1) is 20.8. The van der Waals surface area contributed by atoms with Crippen molar-refractivity contribution in [2.75, 3.05) is 6.61 Å². The number of rotatable bonds is 2. The van der Waals surface area contributed by atoms with Crippen LogP contribution in [-0.4, -0.2) is 23.9 Å². The molecule has 1 N–H and O–H groups in total. The van der Waals surface area contributed by atoms with Gasteiger partial charge in [0, 0.05) is 6.61 Å². The van der Waals surface area contributed by atoms with Crippen molar-refractivity contribution < 1.29 is 9.84 Å². The first-order chi connectivity index (χ1) is 13.8. The van der Waals surface area contributed by atoms with Crippen molar-refractivity contribution in [1.82, 2.24) is 0 Å². The van der Waals surface area contributed by atoms with E-state index >= 15 is 0 Å². The molecule has 0 amide bonds. The van der Waals surface area contributed by atoms with Gasteiger partial charge in [-0.1, -0.05) is 27.7 Å². The van der Waals surface area contributed by atoms with E-state index in [1.807, 2.05) is 0 Å². The Labute approximate surface area is 179 Å². The summed E-state index contributed by atoms with van der Waals surface area (Å²) >= 11 is 0. The summed E-state index contributed by atoms with van der Waals surface area (Å²) < 4.78 is 6.37. The largest absolute Gasteiger partial charge is 0.393 e. The first-order valence-corrected chi connectivity index (χ1v) is 13.1. The highest BCUT2D eigenvalue weighted by molar-refractivity contribution is 5.10. The van der Waals surface area contributed by atoms with E-state index in [1.165, 1.54) is 57.8 Å². The van der Waals surface area contributed by atoms with Crippen LogP contribution in [0.3, 0.4) is 0 Å². The molecule has 11 atom stereocenters. The van der Waals surface area contributed by atoms with Crippen LogP contribution < -0.4 is 0 Å². The summed E-state index contributed by atoms with van der Waals surface area (Å²) in [6.07, 6.45) is 15.2. The predicted octanol–water partition coefficient (Wildman–Crippen LogP) is 6.46. The van der Waals surface area contributed by atoms with Gasteiger partial charge >= 0.3 is 0 Å². The third kappa shape index (κ3) is 3.25. The van der Waals surface area contributed by atoms with Gasteiger partial charge in [-0.05, 0) is 123 Å². The Kier molecular flexibility index (Phi) is 5.38. The van der Waals surface area contributed by atoms with Gasteiger partial charge in [0.2, 0.25) is 0 Å². The minimum Gasteiger partial charge on any atom is -0.393 e. The lowest BCUT2D eigenvalue weighted by Gasteiger charge is -2.61. The molecule has 0 aromatic carbocycles.